The fraction of sp³-hybridized carbons (Fsp3) is 0.167. The summed E-state index contributed by atoms with van der Waals surface area (Å²) < 4.78 is 0. The number of carbonyl (C=O) groups is 2. The largest absolute Gasteiger partial charge is 0.366 e. The topological polar surface area (TPSA) is 86.2 Å². The molecule has 0 unspecified atom stereocenters. The Balaban J connectivity index is 3.32. The van der Waals surface area contributed by atoms with Gasteiger partial charge in [0.1, 0.15) is 0 Å². The third-order valence-electron chi connectivity index (χ3n) is 2.24. The van der Waals surface area contributed by atoms with Crippen molar-refractivity contribution in [2.75, 3.05) is 0 Å². The summed E-state index contributed by atoms with van der Waals surface area (Å²) in [5.41, 5.74) is 12.0. The summed E-state index contributed by atoms with van der Waals surface area (Å²) in [5.74, 6) is -1.33. The number of rotatable bonds is 4. The molecular formula is C12H14N2O2. The highest BCUT2D eigenvalue weighted by Crippen LogP contribution is 2.19. The molecule has 0 atom stereocenters. The Bertz CT molecular complexity index is 450. The number of aryl methyl sites for hydroxylation is 1. The molecule has 16 heavy (non-hydrogen) atoms. The third-order valence-corrected chi connectivity index (χ3v) is 2.24. The number of carbonyl (C=O) groups excluding carboxylic acids is 2. The summed E-state index contributed by atoms with van der Waals surface area (Å²) in [4.78, 5) is 22.1. The summed E-state index contributed by atoms with van der Waals surface area (Å²) in [6, 6.07) is 7.28. The van der Waals surface area contributed by atoms with Gasteiger partial charge in [-0.2, -0.15) is 0 Å². The minimum Gasteiger partial charge on any atom is -0.366 e. The van der Waals surface area contributed by atoms with Crippen LogP contribution in [0.25, 0.3) is 5.57 Å². The van der Waals surface area contributed by atoms with Gasteiger partial charge in [-0.25, -0.2) is 0 Å². The van der Waals surface area contributed by atoms with Crippen LogP contribution in [0.1, 0.15) is 18.1 Å². The molecule has 0 saturated heterocycles. The predicted molar refractivity (Wildman–Crippen MR) is 62.2 cm³/mol. The zero-order valence-electron chi connectivity index (χ0n) is 9.07. The van der Waals surface area contributed by atoms with Crippen molar-refractivity contribution >= 4 is 17.4 Å². The van der Waals surface area contributed by atoms with Gasteiger partial charge in [0.2, 0.25) is 11.8 Å². The van der Waals surface area contributed by atoms with Crippen molar-refractivity contribution in [3.63, 3.8) is 0 Å². The van der Waals surface area contributed by atoms with Crippen LogP contribution in [0.4, 0.5) is 0 Å². The Morgan fingerprint density at radius 3 is 2.38 bits per heavy atom. The van der Waals surface area contributed by atoms with Crippen LogP contribution in [0, 0.1) is 0 Å². The highest BCUT2D eigenvalue weighted by atomic mass is 16.1. The van der Waals surface area contributed by atoms with Crippen LogP contribution in [0.3, 0.4) is 0 Å². The van der Waals surface area contributed by atoms with E-state index in [0.29, 0.717) is 5.56 Å². The maximum Gasteiger partial charge on any atom is 0.249 e. The molecular weight excluding hydrogens is 204 g/mol. The minimum atomic E-state index is -0.681. The summed E-state index contributed by atoms with van der Waals surface area (Å²) in [6.07, 6.45) is 1.82. The number of primary amides is 2. The number of hydrogen-bond acceptors (Lipinski definition) is 2. The molecule has 0 aromatic heterocycles. The summed E-state index contributed by atoms with van der Waals surface area (Å²) in [5, 5.41) is 0. The normalized spacial score (nSPS) is 11.2. The maximum atomic E-state index is 11.2. The first-order valence-corrected chi connectivity index (χ1v) is 4.95. The van der Waals surface area contributed by atoms with Gasteiger partial charge in [-0.05, 0) is 17.5 Å². The van der Waals surface area contributed by atoms with Gasteiger partial charge >= 0.3 is 0 Å². The fourth-order valence-corrected chi connectivity index (χ4v) is 1.52. The van der Waals surface area contributed by atoms with Crippen molar-refractivity contribution in [3.05, 3.63) is 41.5 Å². The molecule has 2 amide bonds. The quantitative estimate of drug-likeness (QED) is 0.725. The second-order valence-corrected chi connectivity index (χ2v) is 3.34. The van der Waals surface area contributed by atoms with Gasteiger partial charge in [0.15, 0.2) is 0 Å². The first-order chi connectivity index (χ1) is 7.56. The van der Waals surface area contributed by atoms with Gasteiger partial charge in [0.05, 0.1) is 5.57 Å². The lowest BCUT2D eigenvalue weighted by Crippen LogP contribution is -2.17. The molecule has 0 aliphatic rings. The van der Waals surface area contributed by atoms with Crippen molar-refractivity contribution in [1.82, 2.24) is 0 Å². The van der Waals surface area contributed by atoms with Crippen molar-refractivity contribution in [2.24, 2.45) is 11.5 Å². The lowest BCUT2D eigenvalue weighted by atomic mass is 9.97. The Hall–Kier alpha value is -2.10. The van der Waals surface area contributed by atoms with Crippen molar-refractivity contribution in [1.29, 1.82) is 0 Å². The molecule has 0 bridgehead atoms. The van der Waals surface area contributed by atoms with E-state index in [0.717, 1.165) is 18.1 Å². The summed E-state index contributed by atoms with van der Waals surface area (Å²) in [6.45, 7) is 1.96. The lowest BCUT2D eigenvalue weighted by Gasteiger charge is -2.08. The molecule has 0 aliphatic carbocycles. The van der Waals surface area contributed by atoms with Gasteiger partial charge in [0, 0.05) is 6.08 Å². The molecule has 0 radical (unpaired) electrons. The van der Waals surface area contributed by atoms with E-state index in [1.807, 2.05) is 19.1 Å². The molecule has 4 heteroatoms. The van der Waals surface area contributed by atoms with Gasteiger partial charge in [0.25, 0.3) is 0 Å². The van der Waals surface area contributed by atoms with E-state index in [4.69, 9.17) is 11.5 Å². The number of benzene rings is 1. The average molecular weight is 218 g/mol. The molecule has 1 aromatic rings. The molecule has 1 aromatic carbocycles. The Morgan fingerprint density at radius 2 is 1.88 bits per heavy atom. The first kappa shape index (κ1) is 12.0. The first-order valence-electron chi connectivity index (χ1n) is 4.95. The van der Waals surface area contributed by atoms with Crippen molar-refractivity contribution < 1.29 is 9.59 Å². The molecule has 4 N–H and O–H groups in total. The molecule has 0 spiro atoms. The van der Waals surface area contributed by atoms with E-state index in [1.165, 1.54) is 0 Å². The molecule has 0 fully saturated rings. The zero-order chi connectivity index (χ0) is 12.1. The van der Waals surface area contributed by atoms with Crippen molar-refractivity contribution in [3.8, 4) is 0 Å². The number of hydrogen-bond donors (Lipinski definition) is 2. The van der Waals surface area contributed by atoms with Crippen LogP contribution in [0.15, 0.2) is 30.3 Å². The van der Waals surface area contributed by atoms with Crippen LogP contribution in [0.2, 0.25) is 0 Å². The van der Waals surface area contributed by atoms with Crippen LogP contribution in [-0.4, -0.2) is 11.8 Å². The van der Waals surface area contributed by atoms with Gasteiger partial charge in [-0.1, -0.05) is 31.2 Å². The second kappa shape index (κ2) is 5.11. The standard InChI is InChI=1S/C12H14N2O2/c1-2-8-5-3-4-6-9(8)10(12(14)16)7-11(13)15/h3-7H,2H2,1H3,(H2,13,15)(H2,14,16). The summed E-state index contributed by atoms with van der Waals surface area (Å²) in [7, 11) is 0. The van der Waals surface area contributed by atoms with E-state index < -0.39 is 11.8 Å². The molecule has 0 aliphatic heterocycles. The highest BCUT2D eigenvalue weighted by Gasteiger charge is 2.12. The molecule has 4 nitrogen and oxygen atoms in total. The highest BCUT2D eigenvalue weighted by molar-refractivity contribution is 6.23. The number of nitrogens with two attached hydrogens (primary N) is 2. The van der Waals surface area contributed by atoms with E-state index in [9.17, 15) is 9.59 Å². The van der Waals surface area contributed by atoms with E-state index >= 15 is 0 Å². The molecule has 0 saturated carbocycles. The Kier molecular flexibility index (Phi) is 3.83. The maximum absolute atomic E-state index is 11.2. The third kappa shape index (κ3) is 2.70. The Labute approximate surface area is 93.9 Å². The van der Waals surface area contributed by atoms with Crippen LogP contribution < -0.4 is 11.5 Å². The van der Waals surface area contributed by atoms with Crippen LogP contribution in [-0.2, 0) is 16.0 Å². The van der Waals surface area contributed by atoms with Gasteiger partial charge in [-0.3, -0.25) is 9.59 Å². The van der Waals surface area contributed by atoms with Crippen LogP contribution in [0.5, 0.6) is 0 Å². The summed E-state index contributed by atoms with van der Waals surface area (Å²) >= 11 is 0. The van der Waals surface area contributed by atoms with Crippen molar-refractivity contribution in [2.45, 2.75) is 13.3 Å². The van der Waals surface area contributed by atoms with Gasteiger partial charge in [-0.15, -0.1) is 0 Å². The Morgan fingerprint density at radius 1 is 1.25 bits per heavy atom. The predicted octanol–water partition coefficient (Wildman–Crippen LogP) is 0.603. The number of amides is 2. The smallest absolute Gasteiger partial charge is 0.249 e. The zero-order valence-corrected chi connectivity index (χ0v) is 9.07. The van der Waals surface area contributed by atoms with Crippen LogP contribution >= 0.6 is 0 Å². The molecule has 1 rings (SSSR count). The average Bonchev–Trinajstić information content (AvgIpc) is 2.25. The second-order valence-electron chi connectivity index (χ2n) is 3.34. The monoisotopic (exact) mass is 218 g/mol. The van der Waals surface area contributed by atoms with E-state index in [1.54, 1.807) is 12.1 Å². The minimum absolute atomic E-state index is 0.157. The SMILES string of the molecule is CCc1ccccc1C(=CC(N)=O)C(N)=O. The molecule has 84 valence electrons. The van der Waals surface area contributed by atoms with E-state index in [2.05, 4.69) is 0 Å². The van der Waals surface area contributed by atoms with E-state index in [-0.39, 0.29) is 5.57 Å². The lowest BCUT2D eigenvalue weighted by molar-refractivity contribution is -0.115. The fourth-order valence-electron chi connectivity index (χ4n) is 1.52. The molecule has 0 heterocycles. The van der Waals surface area contributed by atoms with Gasteiger partial charge < -0.3 is 11.5 Å².